The maximum Gasteiger partial charge on any atom is 0.161 e. The zero-order valence-corrected chi connectivity index (χ0v) is 12.5. The van der Waals surface area contributed by atoms with Crippen LogP contribution in [0.3, 0.4) is 0 Å². The molecule has 0 aliphatic heterocycles. The van der Waals surface area contributed by atoms with Crippen molar-refractivity contribution in [1.82, 2.24) is 5.32 Å². The van der Waals surface area contributed by atoms with Crippen molar-refractivity contribution < 1.29 is 14.6 Å². The number of aliphatic hydroxyl groups is 1. The first-order chi connectivity index (χ1) is 9.31. The zero-order chi connectivity index (χ0) is 13.9. The van der Waals surface area contributed by atoms with E-state index in [0.717, 1.165) is 42.5 Å². The molecule has 0 radical (unpaired) electrons. The Morgan fingerprint density at radius 3 is 2.63 bits per heavy atom. The van der Waals surface area contributed by atoms with Crippen molar-refractivity contribution in [3.8, 4) is 11.5 Å². The summed E-state index contributed by atoms with van der Waals surface area (Å²) in [4.78, 5) is 0. The van der Waals surface area contributed by atoms with E-state index in [2.05, 4.69) is 5.32 Å². The molecule has 0 spiro atoms. The minimum absolute atomic E-state index is 0.284. The van der Waals surface area contributed by atoms with Gasteiger partial charge in [0.15, 0.2) is 11.5 Å². The number of aliphatic hydroxyl groups excluding tert-OH is 1. The van der Waals surface area contributed by atoms with Crippen LogP contribution in [0.2, 0.25) is 0 Å². The third-order valence-electron chi connectivity index (χ3n) is 2.65. The smallest absolute Gasteiger partial charge is 0.161 e. The molecule has 0 aromatic heterocycles. The molecule has 0 saturated heterocycles. The topological polar surface area (TPSA) is 50.7 Å². The van der Waals surface area contributed by atoms with Gasteiger partial charge in [0, 0.05) is 25.4 Å². The van der Waals surface area contributed by atoms with Gasteiger partial charge in [0.2, 0.25) is 0 Å². The molecule has 1 aromatic rings. The second kappa shape index (κ2) is 9.95. The van der Waals surface area contributed by atoms with Gasteiger partial charge in [0.25, 0.3) is 0 Å². The number of benzene rings is 1. The Balaban J connectivity index is 2.26. The summed E-state index contributed by atoms with van der Waals surface area (Å²) in [6.07, 6.45) is 0.875. The van der Waals surface area contributed by atoms with Crippen molar-refractivity contribution in [1.29, 1.82) is 0 Å². The van der Waals surface area contributed by atoms with E-state index in [9.17, 15) is 0 Å². The molecule has 0 bridgehead atoms. The van der Waals surface area contributed by atoms with Gasteiger partial charge in [-0.15, -0.1) is 0 Å². The fraction of sp³-hybridized carbons (Fsp3) is 0.571. The maximum atomic E-state index is 8.66. The lowest BCUT2D eigenvalue weighted by Crippen LogP contribution is -2.16. The van der Waals surface area contributed by atoms with Crippen molar-refractivity contribution in [2.45, 2.75) is 13.0 Å². The van der Waals surface area contributed by atoms with Crippen LogP contribution in [0.4, 0.5) is 0 Å². The summed E-state index contributed by atoms with van der Waals surface area (Å²) in [5.41, 5.74) is 1.18. The molecular weight excluding hydrogens is 262 g/mol. The first-order valence-electron chi connectivity index (χ1n) is 6.42. The third-order valence-corrected chi connectivity index (χ3v) is 3.72. The minimum atomic E-state index is 0.284. The van der Waals surface area contributed by atoms with Crippen LogP contribution < -0.4 is 14.8 Å². The van der Waals surface area contributed by atoms with Crippen LogP contribution in [0.1, 0.15) is 12.0 Å². The molecule has 0 saturated carbocycles. The van der Waals surface area contributed by atoms with E-state index in [1.807, 2.05) is 30.0 Å². The predicted molar refractivity (Wildman–Crippen MR) is 80.3 cm³/mol. The summed E-state index contributed by atoms with van der Waals surface area (Å²) >= 11 is 1.86. The number of ether oxygens (including phenoxy) is 2. The fourth-order valence-corrected chi connectivity index (χ4v) is 2.46. The molecule has 19 heavy (non-hydrogen) atoms. The molecule has 0 aliphatic carbocycles. The summed E-state index contributed by atoms with van der Waals surface area (Å²) in [5.74, 6) is 3.60. The second-order valence-corrected chi connectivity index (χ2v) is 5.28. The van der Waals surface area contributed by atoms with Gasteiger partial charge in [-0.05, 0) is 29.9 Å². The van der Waals surface area contributed by atoms with Crippen molar-refractivity contribution in [3.05, 3.63) is 23.8 Å². The van der Waals surface area contributed by atoms with Gasteiger partial charge in [-0.3, -0.25) is 0 Å². The molecule has 0 amide bonds. The van der Waals surface area contributed by atoms with E-state index in [-0.39, 0.29) is 6.61 Å². The first-order valence-corrected chi connectivity index (χ1v) is 7.57. The van der Waals surface area contributed by atoms with Crippen LogP contribution >= 0.6 is 11.8 Å². The lowest BCUT2D eigenvalue weighted by atomic mass is 10.2. The highest BCUT2D eigenvalue weighted by Gasteiger charge is 2.03. The van der Waals surface area contributed by atoms with Crippen molar-refractivity contribution in [3.63, 3.8) is 0 Å². The number of methoxy groups -OCH3 is 2. The summed E-state index contributed by atoms with van der Waals surface area (Å²) in [7, 11) is 3.28. The summed E-state index contributed by atoms with van der Waals surface area (Å²) in [5, 5.41) is 12.0. The van der Waals surface area contributed by atoms with E-state index >= 15 is 0 Å². The lowest BCUT2D eigenvalue weighted by molar-refractivity contribution is 0.296. The van der Waals surface area contributed by atoms with Crippen LogP contribution in [-0.4, -0.2) is 44.0 Å². The van der Waals surface area contributed by atoms with Gasteiger partial charge in [0.1, 0.15) is 0 Å². The van der Waals surface area contributed by atoms with Crippen LogP contribution in [0.15, 0.2) is 18.2 Å². The Labute approximate surface area is 119 Å². The molecule has 108 valence electrons. The second-order valence-electron chi connectivity index (χ2n) is 4.06. The molecule has 0 fully saturated rings. The number of hydrogen-bond donors (Lipinski definition) is 2. The Morgan fingerprint density at radius 1 is 1.16 bits per heavy atom. The van der Waals surface area contributed by atoms with Crippen molar-refractivity contribution in [2.24, 2.45) is 0 Å². The van der Waals surface area contributed by atoms with Gasteiger partial charge in [-0.25, -0.2) is 0 Å². The SMILES string of the molecule is COc1ccc(CNCCSCCCO)cc1OC. The molecule has 0 atom stereocenters. The standard InChI is InChI=1S/C14H23NO3S/c1-17-13-5-4-12(10-14(13)18-2)11-15-6-9-19-8-3-7-16/h4-5,10,15-16H,3,6-9,11H2,1-2H3. The van der Waals surface area contributed by atoms with E-state index in [0.29, 0.717) is 0 Å². The summed E-state index contributed by atoms with van der Waals surface area (Å²) < 4.78 is 10.5. The Morgan fingerprint density at radius 2 is 1.95 bits per heavy atom. The number of hydrogen-bond acceptors (Lipinski definition) is 5. The molecule has 5 heteroatoms. The molecule has 0 heterocycles. The van der Waals surface area contributed by atoms with Gasteiger partial charge in [-0.2, -0.15) is 11.8 Å². The fourth-order valence-electron chi connectivity index (χ4n) is 1.64. The van der Waals surface area contributed by atoms with Gasteiger partial charge >= 0.3 is 0 Å². The van der Waals surface area contributed by atoms with E-state index < -0.39 is 0 Å². The summed E-state index contributed by atoms with van der Waals surface area (Å²) in [6.45, 7) is 2.07. The molecular formula is C14H23NO3S. The Hall–Kier alpha value is -0.910. The highest BCUT2D eigenvalue weighted by Crippen LogP contribution is 2.27. The first kappa shape index (κ1) is 16.1. The molecule has 0 aliphatic rings. The monoisotopic (exact) mass is 285 g/mol. The van der Waals surface area contributed by atoms with Crippen LogP contribution in [-0.2, 0) is 6.54 Å². The average molecular weight is 285 g/mol. The molecule has 4 nitrogen and oxygen atoms in total. The zero-order valence-electron chi connectivity index (χ0n) is 11.6. The molecule has 1 rings (SSSR count). The normalized spacial score (nSPS) is 10.5. The minimum Gasteiger partial charge on any atom is -0.493 e. The van der Waals surface area contributed by atoms with Crippen LogP contribution in [0.5, 0.6) is 11.5 Å². The Kier molecular flexibility index (Phi) is 8.45. The van der Waals surface area contributed by atoms with Gasteiger partial charge < -0.3 is 19.9 Å². The van der Waals surface area contributed by atoms with E-state index in [1.165, 1.54) is 5.56 Å². The third kappa shape index (κ3) is 6.18. The Bertz CT molecular complexity index is 361. The van der Waals surface area contributed by atoms with Crippen LogP contribution in [0, 0.1) is 0 Å². The predicted octanol–water partition coefficient (Wildman–Crippen LogP) is 1.91. The highest BCUT2D eigenvalue weighted by molar-refractivity contribution is 7.99. The number of rotatable bonds is 10. The molecule has 1 aromatic carbocycles. The molecule has 0 unspecified atom stereocenters. The number of nitrogens with one attached hydrogen (secondary N) is 1. The van der Waals surface area contributed by atoms with Crippen molar-refractivity contribution >= 4 is 11.8 Å². The number of thioether (sulfide) groups is 1. The van der Waals surface area contributed by atoms with Gasteiger partial charge in [0.05, 0.1) is 14.2 Å². The van der Waals surface area contributed by atoms with Crippen molar-refractivity contribution in [2.75, 3.05) is 38.9 Å². The maximum absolute atomic E-state index is 8.66. The van der Waals surface area contributed by atoms with Crippen LogP contribution in [0.25, 0.3) is 0 Å². The summed E-state index contributed by atoms with van der Waals surface area (Å²) in [6, 6.07) is 5.95. The van der Waals surface area contributed by atoms with E-state index in [4.69, 9.17) is 14.6 Å². The van der Waals surface area contributed by atoms with Gasteiger partial charge in [-0.1, -0.05) is 6.07 Å². The largest absolute Gasteiger partial charge is 0.493 e. The lowest BCUT2D eigenvalue weighted by Gasteiger charge is -2.10. The average Bonchev–Trinajstić information content (AvgIpc) is 2.46. The van der Waals surface area contributed by atoms with E-state index in [1.54, 1.807) is 14.2 Å². The quantitative estimate of drug-likeness (QED) is 0.643. The molecule has 2 N–H and O–H groups in total. The highest BCUT2D eigenvalue weighted by atomic mass is 32.2.